The van der Waals surface area contributed by atoms with E-state index in [0.717, 1.165) is 40.1 Å². The van der Waals surface area contributed by atoms with E-state index in [0.29, 0.717) is 42.0 Å². The van der Waals surface area contributed by atoms with Gasteiger partial charge in [-0.05, 0) is 47.6 Å². The number of H-pyrrole nitrogens is 1. The molecule has 5 rings (SSSR count). The molecule has 2 heterocycles. The van der Waals surface area contributed by atoms with Gasteiger partial charge in [0.25, 0.3) is 5.91 Å². The van der Waals surface area contributed by atoms with Crippen molar-refractivity contribution < 1.29 is 14.7 Å². The van der Waals surface area contributed by atoms with Crippen LogP contribution in [0, 0.1) is 0 Å². The van der Waals surface area contributed by atoms with E-state index in [4.69, 9.17) is 0 Å². The second-order valence-electron chi connectivity index (χ2n) is 8.70. The average Bonchev–Trinajstić information content (AvgIpc) is 3.67. The van der Waals surface area contributed by atoms with Crippen LogP contribution >= 0.6 is 11.3 Å². The summed E-state index contributed by atoms with van der Waals surface area (Å²) in [6.45, 7) is 2.51. The molecule has 1 amide bonds. The Labute approximate surface area is 216 Å². The van der Waals surface area contributed by atoms with Crippen LogP contribution in [-0.4, -0.2) is 47.4 Å². The van der Waals surface area contributed by atoms with Crippen LogP contribution in [0.15, 0.2) is 64.7 Å². The zero-order valence-electron chi connectivity index (χ0n) is 20.2. The maximum absolute atomic E-state index is 12.9. The van der Waals surface area contributed by atoms with Gasteiger partial charge in [-0.3, -0.25) is 4.79 Å². The molecule has 0 bridgehead atoms. The first-order chi connectivity index (χ1) is 18.0. The van der Waals surface area contributed by atoms with Gasteiger partial charge >= 0.3 is 5.97 Å². The number of benzene rings is 2. The first-order valence-electron chi connectivity index (χ1n) is 12.1. The lowest BCUT2D eigenvalue weighted by Gasteiger charge is -2.08. The number of carbonyl (C=O) groups excluding carboxylic acids is 1. The molecule has 0 unspecified atom stereocenters. The molecule has 0 atom stereocenters. The van der Waals surface area contributed by atoms with Crippen LogP contribution in [0.4, 0.5) is 0 Å². The lowest BCUT2D eigenvalue weighted by Crippen LogP contribution is -2.20. The number of tetrazole rings is 1. The lowest BCUT2D eigenvalue weighted by atomic mass is 9.98. The Hall–Kier alpha value is -4.25. The number of carboxylic acid groups (broad SMARTS) is 1. The molecule has 0 aliphatic heterocycles. The van der Waals surface area contributed by atoms with Crippen molar-refractivity contribution >= 4 is 23.2 Å². The first-order valence-corrected chi connectivity index (χ1v) is 12.9. The van der Waals surface area contributed by atoms with Gasteiger partial charge in [0.2, 0.25) is 10.6 Å². The van der Waals surface area contributed by atoms with Crippen molar-refractivity contribution in [3.8, 4) is 22.5 Å². The molecule has 2 aromatic heterocycles. The third-order valence-corrected chi connectivity index (χ3v) is 7.17. The number of aromatic nitrogens is 6. The Kier molecular flexibility index (Phi) is 7.13. The number of aromatic amines is 1. The first kappa shape index (κ1) is 24.4. The van der Waals surface area contributed by atoms with Crippen molar-refractivity contribution in [1.29, 1.82) is 0 Å². The van der Waals surface area contributed by atoms with Crippen LogP contribution in [0.1, 0.15) is 43.2 Å². The minimum atomic E-state index is -1.04. The highest BCUT2D eigenvalue weighted by atomic mass is 32.1. The van der Waals surface area contributed by atoms with E-state index in [1.807, 2.05) is 48.5 Å². The molecule has 4 aromatic rings. The Bertz CT molecular complexity index is 1530. The number of nitrogens with zero attached hydrogens (tertiary/aromatic N) is 6. The van der Waals surface area contributed by atoms with Crippen molar-refractivity contribution in [2.75, 3.05) is 0 Å². The molecular formula is C26H25N7O3S. The molecule has 188 valence electrons. The summed E-state index contributed by atoms with van der Waals surface area (Å²) in [6.07, 6.45) is 3.20. The summed E-state index contributed by atoms with van der Waals surface area (Å²) < 4.78 is 1.73. The van der Waals surface area contributed by atoms with Gasteiger partial charge in [0, 0.05) is 23.1 Å². The zero-order valence-corrected chi connectivity index (χ0v) is 21.0. The van der Waals surface area contributed by atoms with E-state index in [-0.39, 0.29) is 5.57 Å². The Morgan fingerprint density at radius 3 is 2.54 bits per heavy atom. The van der Waals surface area contributed by atoms with Crippen molar-refractivity contribution in [2.45, 2.75) is 45.6 Å². The summed E-state index contributed by atoms with van der Waals surface area (Å²) in [5.74, 6) is -0.995. The van der Waals surface area contributed by atoms with Crippen LogP contribution in [0.5, 0.6) is 0 Å². The van der Waals surface area contributed by atoms with Gasteiger partial charge in [-0.15, -0.1) is 10.2 Å². The predicted molar refractivity (Wildman–Crippen MR) is 137 cm³/mol. The van der Waals surface area contributed by atoms with Gasteiger partial charge in [-0.1, -0.05) is 66.8 Å². The maximum atomic E-state index is 12.9. The zero-order chi connectivity index (χ0) is 25.8. The highest BCUT2D eigenvalue weighted by molar-refractivity contribution is 7.08. The van der Waals surface area contributed by atoms with Crippen LogP contribution in [0.25, 0.3) is 22.5 Å². The molecule has 10 nitrogen and oxygen atoms in total. The van der Waals surface area contributed by atoms with E-state index in [1.165, 1.54) is 11.3 Å². The quantitative estimate of drug-likeness (QED) is 0.364. The Morgan fingerprint density at radius 1 is 1.08 bits per heavy atom. The molecule has 37 heavy (non-hydrogen) atoms. The van der Waals surface area contributed by atoms with E-state index in [1.54, 1.807) is 4.68 Å². The van der Waals surface area contributed by atoms with Crippen molar-refractivity contribution in [1.82, 2.24) is 30.4 Å². The van der Waals surface area contributed by atoms with Gasteiger partial charge in [-0.2, -0.15) is 15.3 Å². The number of rotatable bonds is 8. The number of carbonyl (C=O) groups is 2. The average molecular weight is 516 g/mol. The van der Waals surface area contributed by atoms with Crippen molar-refractivity contribution in [2.24, 2.45) is 4.99 Å². The Balaban J connectivity index is 1.44. The van der Waals surface area contributed by atoms with E-state index in [9.17, 15) is 14.7 Å². The fourth-order valence-corrected chi connectivity index (χ4v) is 5.39. The van der Waals surface area contributed by atoms with Gasteiger partial charge in [0.1, 0.15) is 5.01 Å². The van der Waals surface area contributed by atoms with E-state index in [2.05, 4.69) is 37.6 Å². The molecule has 11 heteroatoms. The van der Waals surface area contributed by atoms with Crippen LogP contribution in [-0.2, 0) is 22.6 Å². The number of hydrogen-bond acceptors (Lipinski definition) is 7. The molecule has 0 saturated heterocycles. The number of aliphatic carboxylic acids is 1. The topological polar surface area (TPSA) is 139 Å². The number of aryl methyl sites for hydroxylation is 1. The van der Waals surface area contributed by atoms with E-state index < -0.39 is 11.9 Å². The third kappa shape index (κ3) is 5.31. The SMILES string of the molecule is CCCc1nn(Cc2ccc(-c3ccccc3-c3nn[nH]n3)cc2)c(=NC(=O)C2=C(C(=O)O)CCC2)s1. The van der Waals surface area contributed by atoms with Gasteiger partial charge in [0.15, 0.2) is 0 Å². The Morgan fingerprint density at radius 2 is 1.84 bits per heavy atom. The summed E-state index contributed by atoms with van der Waals surface area (Å²) in [7, 11) is 0. The second kappa shape index (κ2) is 10.8. The van der Waals surface area contributed by atoms with Crippen molar-refractivity contribution in [3.05, 3.63) is 75.0 Å². The standard InChI is InChI=1S/C26H25N7O3S/c1-2-6-22-30-33(26(37-22)27-24(34)20-9-5-10-21(20)25(35)36)15-16-11-13-17(14-12-16)18-7-3-4-8-19(18)23-28-31-32-29-23/h3-4,7-8,11-14H,2,5-6,9-10,15H2,1H3,(H,35,36)(H,28,29,31,32). The summed E-state index contributed by atoms with van der Waals surface area (Å²) in [5, 5.41) is 29.4. The minimum Gasteiger partial charge on any atom is -0.478 e. The molecule has 0 fully saturated rings. The third-order valence-electron chi connectivity index (χ3n) is 6.17. The minimum absolute atomic E-state index is 0.176. The molecule has 0 radical (unpaired) electrons. The summed E-state index contributed by atoms with van der Waals surface area (Å²) >= 11 is 1.37. The van der Waals surface area contributed by atoms with Gasteiger partial charge in [0.05, 0.1) is 6.54 Å². The largest absolute Gasteiger partial charge is 0.478 e. The highest BCUT2D eigenvalue weighted by Gasteiger charge is 2.25. The molecule has 0 spiro atoms. The highest BCUT2D eigenvalue weighted by Crippen LogP contribution is 2.30. The molecule has 1 aliphatic carbocycles. The number of amides is 1. The maximum Gasteiger partial charge on any atom is 0.332 e. The molecule has 2 N–H and O–H groups in total. The molecule has 0 saturated carbocycles. The molecule has 1 aliphatic rings. The molecule has 2 aromatic carbocycles. The summed E-state index contributed by atoms with van der Waals surface area (Å²) in [4.78, 5) is 29.2. The summed E-state index contributed by atoms with van der Waals surface area (Å²) in [6, 6.07) is 15.9. The number of nitrogens with one attached hydrogen (secondary N) is 1. The predicted octanol–water partition coefficient (Wildman–Crippen LogP) is 3.78. The second-order valence-corrected chi connectivity index (χ2v) is 9.74. The normalized spacial score (nSPS) is 13.9. The number of carboxylic acids is 1. The fourth-order valence-electron chi connectivity index (χ4n) is 4.39. The smallest absolute Gasteiger partial charge is 0.332 e. The summed E-state index contributed by atoms with van der Waals surface area (Å²) in [5.41, 5.74) is 4.35. The van der Waals surface area contributed by atoms with Gasteiger partial charge in [-0.25, -0.2) is 9.48 Å². The van der Waals surface area contributed by atoms with Crippen molar-refractivity contribution in [3.63, 3.8) is 0 Å². The van der Waals surface area contributed by atoms with E-state index >= 15 is 0 Å². The number of hydrogen-bond donors (Lipinski definition) is 2. The van der Waals surface area contributed by atoms with Crippen LogP contribution in [0.3, 0.4) is 0 Å². The van der Waals surface area contributed by atoms with Gasteiger partial charge < -0.3 is 5.11 Å². The van der Waals surface area contributed by atoms with Crippen LogP contribution in [0.2, 0.25) is 0 Å². The molecular weight excluding hydrogens is 490 g/mol. The lowest BCUT2D eigenvalue weighted by molar-refractivity contribution is -0.133. The fraction of sp³-hybridized carbons (Fsp3) is 0.269. The monoisotopic (exact) mass is 515 g/mol. The van der Waals surface area contributed by atoms with Crippen LogP contribution < -0.4 is 4.80 Å².